The molecule has 6 heteroatoms. The number of benzene rings is 2. The number of aliphatic hydroxyl groups is 1. The lowest BCUT2D eigenvalue weighted by molar-refractivity contribution is -0.140. The lowest BCUT2D eigenvalue weighted by Gasteiger charge is -2.17. The van der Waals surface area contributed by atoms with E-state index in [1.165, 1.54) is 27.4 Å². The standard InChI is InChI=1S/C20H22O6/c1-23-17-11-15(12-18(24-2)20(17)25-3)16(21)13-26-19(22)10-9-14-7-5-4-6-8-14/h4-12,16,21H,13H2,1-3H3/b10-9+/t16-/m0/s1. The maximum absolute atomic E-state index is 11.8. The summed E-state index contributed by atoms with van der Waals surface area (Å²) in [6.07, 6.45) is 1.93. The highest BCUT2D eigenvalue weighted by Gasteiger charge is 2.18. The van der Waals surface area contributed by atoms with Crippen LogP contribution in [0.1, 0.15) is 17.2 Å². The van der Waals surface area contributed by atoms with Crippen molar-refractivity contribution in [3.63, 3.8) is 0 Å². The van der Waals surface area contributed by atoms with Gasteiger partial charge in [0.25, 0.3) is 0 Å². The first-order valence-electron chi connectivity index (χ1n) is 7.97. The summed E-state index contributed by atoms with van der Waals surface area (Å²) in [5.74, 6) is 0.710. The van der Waals surface area contributed by atoms with Gasteiger partial charge < -0.3 is 24.1 Å². The number of hydrogen-bond acceptors (Lipinski definition) is 6. The van der Waals surface area contributed by atoms with Crippen molar-refractivity contribution in [3.05, 3.63) is 59.7 Å². The van der Waals surface area contributed by atoms with E-state index in [0.717, 1.165) is 5.56 Å². The van der Waals surface area contributed by atoms with Crippen molar-refractivity contribution in [3.8, 4) is 17.2 Å². The predicted molar refractivity (Wildman–Crippen MR) is 97.5 cm³/mol. The van der Waals surface area contributed by atoms with E-state index in [4.69, 9.17) is 18.9 Å². The van der Waals surface area contributed by atoms with Gasteiger partial charge in [-0.15, -0.1) is 0 Å². The first kappa shape index (κ1) is 19.3. The van der Waals surface area contributed by atoms with E-state index >= 15 is 0 Å². The summed E-state index contributed by atoms with van der Waals surface area (Å²) in [6, 6.07) is 12.6. The molecule has 0 unspecified atom stereocenters. The van der Waals surface area contributed by atoms with Crippen molar-refractivity contribution in [2.45, 2.75) is 6.10 Å². The molecule has 0 spiro atoms. The molecule has 0 aromatic heterocycles. The second-order valence-corrected chi connectivity index (χ2v) is 5.35. The van der Waals surface area contributed by atoms with Crippen LogP contribution >= 0.6 is 0 Å². The molecule has 2 aromatic carbocycles. The summed E-state index contributed by atoms with van der Waals surface area (Å²) in [6.45, 7) is -0.198. The minimum atomic E-state index is -1.03. The zero-order valence-corrected chi connectivity index (χ0v) is 15.0. The van der Waals surface area contributed by atoms with Gasteiger partial charge in [0.15, 0.2) is 11.5 Å². The molecule has 0 amide bonds. The molecule has 2 aromatic rings. The molecule has 0 saturated heterocycles. The minimum absolute atomic E-state index is 0.198. The second-order valence-electron chi connectivity index (χ2n) is 5.35. The molecule has 6 nitrogen and oxygen atoms in total. The van der Waals surface area contributed by atoms with E-state index in [1.54, 1.807) is 18.2 Å². The number of ether oxygens (including phenoxy) is 4. The van der Waals surface area contributed by atoms with Crippen LogP contribution in [0.15, 0.2) is 48.5 Å². The van der Waals surface area contributed by atoms with Crippen molar-refractivity contribution in [1.29, 1.82) is 0 Å². The Bertz CT molecular complexity index is 729. The molecule has 138 valence electrons. The van der Waals surface area contributed by atoms with E-state index in [1.807, 2.05) is 30.3 Å². The van der Waals surface area contributed by atoms with Crippen molar-refractivity contribution >= 4 is 12.0 Å². The van der Waals surface area contributed by atoms with E-state index in [2.05, 4.69) is 0 Å². The van der Waals surface area contributed by atoms with Gasteiger partial charge in [-0.05, 0) is 29.3 Å². The Kier molecular flexibility index (Phi) is 7.05. The summed E-state index contributed by atoms with van der Waals surface area (Å²) < 4.78 is 20.8. The smallest absolute Gasteiger partial charge is 0.330 e. The maximum Gasteiger partial charge on any atom is 0.330 e. The molecule has 0 aliphatic carbocycles. The van der Waals surface area contributed by atoms with Crippen LogP contribution < -0.4 is 14.2 Å². The first-order chi connectivity index (χ1) is 12.6. The molecule has 0 heterocycles. The summed E-state index contributed by atoms with van der Waals surface area (Å²) in [5.41, 5.74) is 1.37. The molecule has 0 bridgehead atoms. The molecule has 26 heavy (non-hydrogen) atoms. The number of carbonyl (C=O) groups is 1. The average molecular weight is 358 g/mol. The van der Waals surface area contributed by atoms with Gasteiger partial charge in [-0.1, -0.05) is 30.3 Å². The fraction of sp³-hybridized carbons (Fsp3) is 0.250. The summed E-state index contributed by atoms with van der Waals surface area (Å²) >= 11 is 0. The van der Waals surface area contributed by atoms with Crippen LogP contribution in [0.4, 0.5) is 0 Å². The van der Waals surface area contributed by atoms with Gasteiger partial charge in [0.1, 0.15) is 12.7 Å². The van der Waals surface area contributed by atoms with Gasteiger partial charge in [-0.25, -0.2) is 4.79 Å². The summed E-state index contributed by atoms with van der Waals surface area (Å²) in [7, 11) is 4.47. The van der Waals surface area contributed by atoms with Crippen molar-refractivity contribution < 1.29 is 28.8 Å². The van der Waals surface area contributed by atoms with E-state index in [-0.39, 0.29) is 6.61 Å². The quantitative estimate of drug-likeness (QED) is 0.578. The van der Waals surface area contributed by atoms with Crippen LogP contribution in [-0.2, 0) is 9.53 Å². The van der Waals surface area contributed by atoms with Gasteiger partial charge >= 0.3 is 5.97 Å². The Morgan fingerprint density at radius 1 is 1.04 bits per heavy atom. The monoisotopic (exact) mass is 358 g/mol. The van der Waals surface area contributed by atoms with Gasteiger partial charge in [-0.2, -0.15) is 0 Å². The Labute approximate surface area is 152 Å². The minimum Gasteiger partial charge on any atom is -0.493 e. The van der Waals surface area contributed by atoms with Crippen LogP contribution in [0.5, 0.6) is 17.2 Å². The zero-order valence-electron chi connectivity index (χ0n) is 15.0. The largest absolute Gasteiger partial charge is 0.493 e. The van der Waals surface area contributed by atoms with Gasteiger partial charge in [0, 0.05) is 6.08 Å². The second kappa shape index (κ2) is 9.48. The van der Waals surface area contributed by atoms with Crippen molar-refractivity contribution in [2.24, 2.45) is 0 Å². The molecule has 0 fully saturated rings. The van der Waals surface area contributed by atoms with Crippen LogP contribution in [0.3, 0.4) is 0 Å². The molecular formula is C20H22O6. The molecule has 0 saturated carbocycles. The molecule has 1 N–H and O–H groups in total. The lowest BCUT2D eigenvalue weighted by atomic mass is 10.1. The third kappa shape index (κ3) is 5.00. The van der Waals surface area contributed by atoms with Crippen LogP contribution in [0, 0.1) is 0 Å². The van der Waals surface area contributed by atoms with Crippen molar-refractivity contribution in [1.82, 2.24) is 0 Å². The fourth-order valence-corrected chi connectivity index (χ4v) is 2.33. The van der Waals surface area contributed by atoms with Crippen LogP contribution in [0.2, 0.25) is 0 Å². The average Bonchev–Trinajstić information content (AvgIpc) is 2.69. The molecule has 0 aliphatic rings. The van der Waals surface area contributed by atoms with Crippen LogP contribution in [0.25, 0.3) is 6.08 Å². The first-order valence-corrected chi connectivity index (χ1v) is 7.97. The molecule has 2 rings (SSSR count). The number of aliphatic hydroxyl groups excluding tert-OH is 1. The van der Waals surface area contributed by atoms with E-state index in [0.29, 0.717) is 22.8 Å². The zero-order chi connectivity index (χ0) is 18.9. The predicted octanol–water partition coefficient (Wildman–Crippen LogP) is 3.00. The third-order valence-electron chi connectivity index (χ3n) is 3.67. The summed E-state index contributed by atoms with van der Waals surface area (Å²) in [4.78, 5) is 11.8. The normalized spacial score (nSPS) is 11.8. The molecule has 0 aliphatic heterocycles. The number of methoxy groups -OCH3 is 3. The number of hydrogen-bond donors (Lipinski definition) is 1. The Hall–Kier alpha value is -2.99. The Morgan fingerprint density at radius 3 is 2.19 bits per heavy atom. The van der Waals surface area contributed by atoms with Gasteiger partial charge in [0.05, 0.1) is 21.3 Å². The Balaban J connectivity index is 2.02. The maximum atomic E-state index is 11.8. The van der Waals surface area contributed by atoms with Crippen molar-refractivity contribution in [2.75, 3.05) is 27.9 Å². The van der Waals surface area contributed by atoms with E-state index < -0.39 is 12.1 Å². The molecule has 0 radical (unpaired) electrons. The fourth-order valence-electron chi connectivity index (χ4n) is 2.33. The van der Waals surface area contributed by atoms with E-state index in [9.17, 15) is 9.90 Å². The lowest BCUT2D eigenvalue weighted by Crippen LogP contribution is -2.11. The number of rotatable bonds is 8. The molecule has 1 atom stereocenters. The third-order valence-corrected chi connectivity index (χ3v) is 3.67. The topological polar surface area (TPSA) is 74.2 Å². The van der Waals surface area contributed by atoms with Crippen LogP contribution in [-0.4, -0.2) is 39.0 Å². The SMILES string of the molecule is COc1cc([C@@H](O)COC(=O)/C=C/c2ccccc2)cc(OC)c1OC. The van der Waals surface area contributed by atoms with Gasteiger partial charge in [-0.3, -0.25) is 0 Å². The number of carbonyl (C=O) groups excluding carboxylic acids is 1. The number of esters is 1. The summed E-state index contributed by atoms with van der Waals surface area (Å²) in [5, 5.41) is 10.3. The highest BCUT2D eigenvalue weighted by Crippen LogP contribution is 2.39. The van der Waals surface area contributed by atoms with Gasteiger partial charge in [0.2, 0.25) is 5.75 Å². The highest BCUT2D eigenvalue weighted by atomic mass is 16.5. The Morgan fingerprint density at radius 2 is 1.65 bits per heavy atom. The molecular weight excluding hydrogens is 336 g/mol. The highest BCUT2D eigenvalue weighted by molar-refractivity contribution is 5.87.